The number of benzene rings is 3. The summed E-state index contributed by atoms with van der Waals surface area (Å²) < 4.78 is 55.4. The number of nitrogens with one attached hydrogen (secondary N) is 3. The molecule has 1 saturated heterocycles. The van der Waals surface area contributed by atoms with Gasteiger partial charge in [0.15, 0.2) is 0 Å². The Morgan fingerprint density at radius 3 is 2.33 bits per heavy atom. The van der Waals surface area contributed by atoms with Crippen molar-refractivity contribution in [3.63, 3.8) is 0 Å². The molecule has 2 aliphatic rings. The third-order valence-electron chi connectivity index (χ3n) is 7.48. The quantitative estimate of drug-likeness (QED) is 0.130. The van der Waals surface area contributed by atoms with Gasteiger partial charge in [0.1, 0.15) is 12.6 Å². The summed E-state index contributed by atoms with van der Waals surface area (Å²) in [6, 6.07) is 14.6. The van der Waals surface area contributed by atoms with Crippen molar-refractivity contribution in [1.82, 2.24) is 10.2 Å². The van der Waals surface area contributed by atoms with E-state index in [4.69, 9.17) is 14.2 Å². The molecule has 1 atom stereocenters. The lowest BCUT2D eigenvalue weighted by atomic mass is 10.0. The maximum Gasteiger partial charge on any atom is 0.416 e. The zero-order valence-corrected chi connectivity index (χ0v) is 25.4. The number of carbonyl (C=O) groups excluding carboxylic acids is 5. The number of rotatable bonds is 14. The highest BCUT2D eigenvalue weighted by atomic mass is 19.4. The fourth-order valence-electron chi connectivity index (χ4n) is 5.21. The summed E-state index contributed by atoms with van der Waals surface area (Å²) in [6.07, 6.45) is -4.41. The molecule has 252 valence electrons. The summed E-state index contributed by atoms with van der Waals surface area (Å²) in [5.41, 5.74) is 0.500. The van der Waals surface area contributed by atoms with Gasteiger partial charge in [-0.25, -0.2) is 4.79 Å². The van der Waals surface area contributed by atoms with Crippen molar-refractivity contribution in [2.24, 2.45) is 0 Å². The second kappa shape index (κ2) is 15.1. The second-order valence-corrected chi connectivity index (χ2v) is 10.7. The lowest BCUT2D eigenvalue weighted by Gasteiger charge is -2.27. The third kappa shape index (κ3) is 7.98. The van der Waals surface area contributed by atoms with Crippen LogP contribution in [0.3, 0.4) is 0 Å². The van der Waals surface area contributed by atoms with Crippen LogP contribution in [0, 0.1) is 0 Å². The van der Waals surface area contributed by atoms with Crippen LogP contribution >= 0.6 is 0 Å². The number of hydrogen-bond acceptors (Lipinski definition) is 10. The van der Waals surface area contributed by atoms with Crippen LogP contribution in [-0.2, 0) is 30.0 Å². The van der Waals surface area contributed by atoms with Crippen LogP contribution < -0.4 is 16.0 Å². The molecule has 4 amide bonds. The summed E-state index contributed by atoms with van der Waals surface area (Å²) in [4.78, 5) is 63.4. The minimum atomic E-state index is -4.50. The van der Waals surface area contributed by atoms with E-state index < -0.39 is 47.4 Å². The molecule has 0 radical (unpaired) electrons. The highest BCUT2D eigenvalue weighted by molar-refractivity contribution is 6.25. The Balaban J connectivity index is 1.00. The summed E-state index contributed by atoms with van der Waals surface area (Å²) in [5, 5.41) is 8.07. The lowest BCUT2D eigenvalue weighted by molar-refractivity contribution is -0.138. The van der Waals surface area contributed by atoms with E-state index in [1.165, 1.54) is 24.3 Å². The van der Waals surface area contributed by atoms with Crippen LogP contribution in [0.15, 0.2) is 66.7 Å². The molecule has 1 fully saturated rings. The van der Waals surface area contributed by atoms with Gasteiger partial charge in [0.05, 0.1) is 54.4 Å². The molecule has 0 spiro atoms. The molecule has 1 unspecified atom stereocenters. The van der Waals surface area contributed by atoms with E-state index in [-0.39, 0.29) is 73.9 Å². The van der Waals surface area contributed by atoms with Crippen LogP contribution in [0.1, 0.15) is 49.5 Å². The van der Waals surface area contributed by atoms with Crippen molar-refractivity contribution in [2.45, 2.75) is 25.1 Å². The Labute approximate surface area is 272 Å². The van der Waals surface area contributed by atoms with Crippen molar-refractivity contribution in [1.29, 1.82) is 0 Å². The van der Waals surface area contributed by atoms with Gasteiger partial charge in [-0.1, -0.05) is 24.3 Å². The number of anilines is 3. The van der Waals surface area contributed by atoms with Crippen LogP contribution in [0.25, 0.3) is 0 Å². The molecule has 12 nitrogen and oxygen atoms in total. The lowest BCUT2D eigenvalue weighted by Crippen LogP contribution is -2.54. The first kappa shape index (κ1) is 34.1. The number of fused-ring (bicyclic) bond motifs is 1. The zero-order chi connectivity index (χ0) is 34.3. The Morgan fingerprint density at radius 2 is 1.56 bits per heavy atom. The predicted octanol–water partition coefficient (Wildman–Crippen LogP) is 4.15. The molecule has 2 heterocycles. The number of amides is 4. The third-order valence-corrected chi connectivity index (χ3v) is 7.48. The molecule has 15 heteroatoms. The maximum atomic E-state index is 13.2. The summed E-state index contributed by atoms with van der Waals surface area (Å²) in [7, 11) is 0. The van der Waals surface area contributed by atoms with Crippen molar-refractivity contribution in [2.75, 3.05) is 50.2 Å². The average Bonchev–Trinajstić information content (AvgIpc) is 3.31. The monoisotopic (exact) mass is 668 g/mol. The van der Waals surface area contributed by atoms with Crippen LogP contribution in [0.5, 0.6) is 0 Å². The number of ether oxygens (including phenoxy) is 3. The number of imide groups is 2. The molecule has 0 saturated carbocycles. The Bertz CT molecular complexity index is 1710. The number of para-hydroxylation sites is 1. The van der Waals surface area contributed by atoms with Gasteiger partial charge in [-0.3, -0.25) is 29.4 Å². The number of alkyl halides is 3. The second-order valence-electron chi connectivity index (χ2n) is 10.7. The molecule has 5 rings (SSSR count). The average molecular weight is 669 g/mol. The van der Waals surface area contributed by atoms with Gasteiger partial charge in [-0.2, -0.15) is 13.2 Å². The smallest absolute Gasteiger partial charge is 0.416 e. The van der Waals surface area contributed by atoms with Gasteiger partial charge in [0, 0.05) is 24.3 Å². The number of piperidine rings is 1. The van der Waals surface area contributed by atoms with Crippen molar-refractivity contribution < 1.29 is 51.4 Å². The topological polar surface area (TPSA) is 152 Å². The zero-order valence-electron chi connectivity index (χ0n) is 25.4. The Kier molecular flexibility index (Phi) is 10.7. The van der Waals surface area contributed by atoms with Gasteiger partial charge in [0.2, 0.25) is 11.8 Å². The molecule has 2 aliphatic heterocycles. The number of nitrogens with zero attached hydrogens (tertiary/aromatic N) is 1. The van der Waals surface area contributed by atoms with Crippen molar-refractivity contribution in [3.8, 4) is 0 Å². The number of halogens is 3. The highest BCUT2D eigenvalue weighted by Crippen LogP contribution is 2.33. The number of hydrogen-bond donors (Lipinski definition) is 3. The normalized spacial score (nSPS) is 16.1. The van der Waals surface area contributed by atoms with E-state index in [0.29, 0.717) is 12.2 Å². The van der Waals surface area contributed by atoms with Gasteiger partial charge >= 0.3 is 12.1 Å². The standard InChI is InChI=1S/C33H31F3N4O8/c34-33(35,36)20-5-3-6-21(19-20)38-24-9-2-1-7-22(24)32(45)48-18-17-47-16-15-46-14-13-37-25-10-4-8-23-28(25)31(44)40(30(23)43)26-11-12-27(41)39-29(26)42/h1-10,19,26,37-38H,11-18H2,(H,39,41,42). The SMILES string of the molecule is O=C1CCC(N2C(=O)c3cccc(NCCOCCOCCOC(=O)c4ccccc4Nc4cccc(C(F)(F)F)c4)c3C2=O)C(=O)N1. The highest BCUT2D eigenvalue weighted by Gasteiger charge is 2.45. The Hall–Kier alpha value is -5.28. The minimum absolute atomic E-state index is 0.0302. The molecule has 0 bridgehead atoms. The molecule has 3 aromatic rings. The molecule has 3 N–H and O–H groups in total. The van der Waals surface area contributed by atoms with E-state index >= 15 is 0 Å². The van der Waals surface area contributed by atoms with Crippen molar-refractivity contribution >= 4 is 46.7 Å². The molecule has 3 aromatic carbocycles. The van der Waals surface area contributed by atoms with E-state index in [9.17, 15) is 37.1 Å². The van der Waals surface area contributed by atoms with Crippen LogP contribution in [0.2, 0.25) is 0 Å². The molecular weight excluding hydrogens is 637 g/mol. The fraction of sp³-hybridized carbons (Fsp3) is 0.303. The summed E-state index contributed by atoms with van der Waals surface area (Å²) in [6.45, 7) is 0.942. The first-order chi connectivity index (χ1) is 23.0. The largest absolute Gasteiger partial charge is 0.460 e. The Morgan fingerprint density at radius 1 is 0.854 bits per heavy atom. The van der Waals surface area contributed by atoms with Gasteiger partial charge in [0.25, 0.3) is 11.8 Å². The number of esters is 1. The fourth-order valence-corrected chi connectivity index (χ4v) is 5.21. The molecular formula is C33H31F3N4O8. The van der Waals surface area contributed by atoms with Crippen molar-refractivity contribution in [3.05, 3.63) is 89.0 Å². The molecule has 0 aliphatic carbocycles. The maximum absolute atomic E-state index is 13.2. The first-order valence-corrected chi connectivity index (χ1v) is 15.0. The molecule has 0 aromatic heterocycles. The van der Waals surface area contributed by atoms with Crippen LogP contribution in [-0.4, -0.2) is 80.1 Å². The van der Waals surface area contributed by atoms with Crippen LogP contribution in [0.4, 0.5) is 30.2 Å². The van der Waals surface area contributed by atoms with E-state index in [2.05, 4.69) is 16.0 Å². The molecule has 48 heavy (non-hydrogen) atoms. The predicted molar refractivity (Wildman–Crippen MR) is 165 cm³/mol. The summed E-state index contributed by atoms with van der Waals surface area (Å²) in [5.74, 6) is -3.01. The van der Waals surface area contributed by atoms with Gasteiger partial charge in [-0.05, 0) is 48.9 Å². The first-order valence-electron chi connectivity index (χ1n) is 15.0. The van der Waals surface area contributed by atoms with Gasteiger partial charge < -0.3 is 24.8 Å². The summed E-state index contributed by atoms with van der Waals surface area (Å²) >= 11 is 0. The number of carbonyl (C=O) groups is 5. The van der Waals surface area contributed by atoms with E-state index in [1.54, 1.807) is 30.3 Å². The van der Waals surface area contributed by atoms with E-state index in [1.807, 2.05) is 0 Å². The van der Waals surface area contributed by atoms with E-state index in [0.717, 1.165) is 17.0 Å². The van der Waals surface area contributed by atoms with Gasteiger partial charge in [-0.15, -0.1) is 0 Å². The minimum Gasteiger partial charge on any atom is -0.460 e.